The first-order valence-corrected chi connectivity index (χ1v) is 5.52. The van der Waals surface area contributed by atoms with Crippen molar-refractivity contribution in [2.45, 2.75) is 0 Å². The summed E-state index contributed by atoms with van der Waals surface area (Å²) < 4.78 is 19.3. The Balaban J connectivity index is 2.14. The zero-order chi connectivity index (χ0) is 14.5. The van der Waals surface area contributed by atoms with E-state index in [0.717, 1.165) is 0 Å². The van der Waals surface area contributed by atoms with Crippen LogP contribution in [0.3, 0.4) is 0 Å². The Morgan fingerprint density at radius 1 is 0.850 bits per heavy atom. The van der Waals surface area contributed by atoms with Gasteiger partial charge in [-0.05, 0) is 36.1 Å². The monoisotopic (exact) mass is 274 g/mol. The van der Waals surface area contributed by atoms with Gasteiger partial charge in [-0.2, -0.15) is 0 Å². The lowest BCUT2D eigenvalue weighted by Gasteiger charge is -1.91. The molecule has 6 heteroatoms. The van der Waals surface area contributed by atoms with Crippen molar-refractivity contribution in [3.63, 3.8) is 0 Å². The predicted molar refractivity (Wildman–Crippen MR) is 66.1 cm³/mol. The summed E-state index contributed by atoms with van der Waals surface area (Å²) >= 11 is 0. The van der Waals surface area contributed by atoms with Gasteiger partial charge in [-0.15, -0.1) is 0 Å². The fraction of sp³-hybridized carbons (Fsp3) is 0.143. The first-order chi connectivity index (χ1) is 9.63. The molecule has 0 amide bonds. The van der Waals surface area contributed by atoms with Crippen LogP contribution in [0.5, 0.6) is 0 Å². The summed E-state index contributed by atoms with van der Waals surface area (Å²) in [5.74, 6) is 4.84. The van der Waals surface area contributed by atoms with E-state index < -0.39 is 11.9 Å². The molecule has 0 fully saturated rings. The highest BCUT2D eigenvalue weighted by Crippen LogP contribution is 2.10. The van der Waals surface area contributed by atoms with E-state index in [4.69, 9.17) is 8.83 Å². The van der Waals surface area contributed by atoms with Crippen molar-refractivity contribution in [2.24, 2.45) is 0 Å². The summed E-state index contributed by atoms with van der Waals surface area (Å²) in [6, 6.07) is 5.97. The molecule has 20 heavy (non-hydrogen) atoms. The van der Waals surface area contributed by atoms with E-state index in [1.54, 1.807) is 0 Å². The second-order valence-electron chi connectivity index (χ2n) is 3.56. The van der Waals surface area contributed by atoms with Crippen LogP contribution in [-0.2, 0) is 9.47 Å². The number of ether oxygens (including phenoxy) is 2. The van der Waals surface area contributed by atoms with Gasteiger partial charge in [0.1, 0.15) is 0 Å². The van der Waals surface area contributed by atoms with Crippen LogP contribution >= 0.6 is 0 Å². The standard InChI is InChI=1S/C14H10O6/c1-17-13(15)11-7-5-9(19-11)3-4-10-6-8-12(20-10)14(16)18-2/h5-8H,1-2H3. The Labute approximate surface area is 114 Å². The zero-order valence-electron chi connectivity index (χ0n) is 10.8. The van der Waals surface area contributed by atoms with Gasteiger partial charge in [0.2, 0.25) is 11.5 Å². The zero-order valence-corrected chi connectivity index (χ0v) is 10.8. The summed E-state index contributed by atoms with van der Waals surface area (Å²) in [7, 11) is 2.51. The number of hydrogen-bond donors (Lipinski definition) is 0. The van der Waals surface area contributed by atoms with Gasteiger partial charge in [0.25, 0.3) is 0 Å². The lowest BCUT2D eigenvalue weighted by Crippen LogP contribution is -1.98. The Morgan fingerprint density at radius 3 is 1.60 bits per heavy atom. The number of carbonyl (C=O) groups is 2. The number of hydrogen-bond acceptors (Lipinski definition) is 6. The predicted octanol–water partition coefficient (Wildman–Crippen LogP) is 1.85. The third-order valence-corrected chi connectivity index (χ3v) is 2.29. The smallest absolute Gasteiger partial charge is 0.374 e. The molecule has 2 aromatic rings. The van der Waals surface area contributed by atoms with Crippen LogP contribution in [0.25, 0.3) is 0 Å². The second kappa shape index (κ2) is 5.80. The fourth-order valence-electron chi connectivity index (χ4n) is 1.35. The van der Waals surface area contributed by atoms with Gasteiger partial charge in [-0.1, -0.05) is 0 Å². The number of carbonyl (C=O) groups excluding carboxylic acids is 2. The largest absolute Gasteiger partial charge is 0.463 e. The molecule has 0 aliphatic heterocycles. The molecule has 0 bridgehead atoms. The van der Waals surface area contributed by atoms with E-state index in [1.807, 2.05) is 0 Å². The highest BCUT2D eigenvalue weighted by atomic mass is 16.5. The molecule has 0 unspecified atom stereocenters. The summed E-state index contributed by atoms with van der Waals surface area (Å²) in [6.07, 6.45) is 0. The highest BCUT2D eigenvalue weighted by molar-refractivity contribution is 5.86. The molecule has 0 N–H and O–H groups in total. The maximum atomic E-state index is 11.2. The average Bonchev–Trinajstić information content (AvgIpc) is 3.12. The third-order valence-electron chi connectivity index (χ3n) is 2.29. The van der Waals surface area contributed by atoms with Crippen LogP contribution in [0, 0.1) is 11.8 Å². The molecule has 0 saturated carbocycles. The molecule has 0 aliphatic rings. The van der Waals surface area contributed by atoms with Crippen molar-refractivity contribution in [2.75, 3.05) is 14.2 Å². The van der Waals surface area contributed by atoms with Crippen LogP contribution in [0.4, 0.5) is 0 Å². The average molecular weight is 274 g/mol. The van der Waals surface area contributed by atoms with Crippen molar-refractivity contribution in [1.82, 2.24) is 0 Å². The third kappa shape index (κ3) is 2.90. The van der Waals surface area contributed by atoms with Crippen molar-refractivity contribution >= 4 is 11.9 Å². The molecule has 0 spiro atoms. The molecule has 6 nitrogen and oxygen atoms in total. The minimum absolute atomic E-state index is 0.0616. The molecule has 102 valence electrons. The number of methoxy groups -OCH3 is 2. The molecule has 2 aromatic heterocycles. The lowest BCUT2D eigenvalue weighted by atomic mass is 10.4. The van der Waals surface area contributed by atoms with Gasteiger partial charge in [0.15, 0.2) is 11.5 Å². The van der Waals surface area contributed by atoms with Crippen molar-refractivity contribution in [3.05, 3.63) is 47.3 Å². The maximum absolute atomic E-state index is 11.2. The van der Waals surface area contributed by atoms with Crippen LogP contribution in [0.1, 0.15) is 32.6 Å². The fourth-order valence-corrected chi connectivity index (χ4v) is 1.35. The normalized spacial score (nSPS) is 9.50. The Kier molecular flexibility index (Phi) is 3.91. The van der Waals surface area contributed by atoms with Gasteiger partial charge in [-0.25, -0.2) is 9.59 Å². The SMILES string of the molecule is COC(=O)c1ccc(C#Cc2ccc(C(=O)OC)o2)o1. The topological polar surface area (TPSA) is 78.9 Å². The molecule has 0 saturated heterocycles. The first-order valence-electron chi connectivity index (χ1n) is 5.52. The summed E-state index contributed by atoms with van der Waals surface area (Å²) in [4.78, 5) is 22.4. The van der Waals surface area contributed by atoms with Crippen molar-refractivity contribution in [1.29, 1.82) is 0 Å². The molecule has 0 radical (unpaired) electrons. The van der Waals surface area contributed by atoms with E-state index in [1.165, 1.54) is 38.5 Å². The summed E-state index contributed by atoms with van der Waals surface area (Å²) in [5.41, 5.74) is 0. The Hall–Kier alpha value is -2.94. The number of rotatable bonds is 2. The van der Waals surface area contributed by atoms with E-state index in [9.17, 15) is 9.59 Å². The molecule has 2 rings (SSSR count). The van der Waals surface area contributed by atoms with Crippen LogP contribution < -0.4 is 0 Å². The minimum atomic E-state index is -0.580. The molecule has 0 atom stereocenters. The van der Waals surface area contributed by atoms with Gasteiger partial charge < -0.3 is 18.3 Å². The molecule has 0 aromatic carbocycles. The van der Waals surface area contributed by atoms with Crippen LogP contribution in [0.2, 0.25) is 0 Å². The highest BCUT2D eigenvalue weighted by Gasteiger charge is 2.11. The molecular formula is C14H10O6. The minimum Gasteiger partial charge on any atom is -0.463 e. The Morgan fingerprint density at radius 2 is 1.25 bits per heavy atom. The van der Waals surface area contributed by atoms with E-state index in [0.29, 0.717) is 0 Å². The molecule has 0 aliphatic carbocycles. The first kappa shape index (κ1) is 13.5. The van der Waals surface area contributed by atoms with Crippen LogP contribution in [-0.4, -0.2) is 26.2 Å². The van der Waals surface area contributed by atoms with Crippen molar-refractivity contribution < 1.29 is 27.9 Å². The Bertz CT molecular complexity index is 636. The van der Waals surface area contributed by atoms with E-state index in [2.05, 4.69) is 21.3 Å². The second-order valence-corrected chi connectivity index (χ2v) is 3.56. The maximum Gasteiger partial charge on any atom is 0.374 e. The van der Waals surface area contributed by atoms with E-state index >= 15 is 0 Å². The van der Waals surface area contributed by atoms with Crippen LogP contribution in [0.15, 0.2) is 33.1 Å². The quantitative estimate of drug-likeness (QED) is 0.614. The summed E-state index contributed by atoms with van der Waals surface area (Å²) in [6.45, 7) is 0. The van der Waals surface area contributed by atoms with Gasteiger partial charge in [-0.3, -0.25) is 0 Å². The molecule has 2 heterocycles. The lowest BCUT2D eigenvalue weighted by molar-refractivity contribution is 0.0556. The van der Waals surface area contributed by atoms with Gasteiger partial charge in [0, 0.05) is 0 Å². The summed E-state index contributed by atoms with van der Waals surface area (Å²) in [5, 5.41) is 0. The molecular weight excluding hydrogens is 264 g/mol. The van der Waals surface area contributed by atoms with Gasteiger partial charge >= 0.3 is 11.9 Å². The van der Waals surface area contributed by atoms with Crippen molar-refractivity contribution in [3.8, 4) is 11.8 Å². The van der Waals surface area contributed by atoms with E-state index in [-0.39, 0.29) is 23.0 Å². The number of esters is 2. The van der Waals surface area contributed by atoms with Gasteiger partial charge in [0.05, 0.1) is 14.2 Å². The number of furan rings is 2.